The van der Waals surface area contributed by atoms with Gasteiger partial charge >= 0.3 is 0 Å². The number of hydrogen-bond donors (Lipinski definition) is 2. The van der Waals surface area contributed by atoms with E-state index in [1.54, 1.807) is 0 Å². The Bertz CT molecular complexity index is 467. The number of amides is 1. The van der Waals surface area contributed by atoms with E-state index in [2.05, 4.69) is 36.5 Å². The summed E-state index contributed by atoms with van der Waals surface area (Å²) in [6, 6.07) is -0.323. The molecular formula is C24H42BNO3. The minimum atomic E-state index is -0.323. The lowest BCUT2D eigenvalue weighted by molar-refractivity contribution is -0.121. The van der Waals surface area contributed by atoms with E-state index in [4.69, 9.17) is 12.6 Å². The van der Waals surface area contributed by atoms with Gasteiger partial charge in [-0.05, 0) is 44.9 Å². The van der Waals surface area contributed by atoms with Crippen molar-refractivity contribution < 1.29 is 14.6 Å². The van der Waals surface area contributed by atoms with Gasteiger partial charge in [0.2, 0.25) is 5.91 Å². The van der Waals surface area contributed by atoms with Gasteiger partial charge in [-0.15, -0.1) is 0 Å². The van der Waals surface area contributed by atoms with Crippen LogP contribution in [0.3, 0.4) is 0 Å². The van der Waals surface area contributed by atoms with Gasteiger partial charge in [-0.3, -0.25) is 4.79 Å². The molecule has 1 heterocycles. The van der Waals surface area contributed by atoms with Gasteiger partial charge in [-0.2, -0.15) is 0 Å². The van der Waals surface area contributed by atoms with Crippen molar-refractivity contribution in [2.45, 2.75) is 103 Å². The second-order valence-corrected chi connectivity index (χ2v) is 8.18. The lowest BCUT2D eigenvalue weighted by Crippen LogP contribution is -2.34. The first-order valence-electron chi connectivity index (χ1n) is 11.8. The Morgan fingerprint density at radius 1 is 1.03 bits per heavy atom. The summed E-state index contributed by atoms with van der Waals surface area (Å²) in [5.74, 6) is 0.205. The number of carbonyl (C=O) groups is 1. The highest BCUT2D eigenvalue weighted by atomic mass is 16.5. The van der Waals surface area contributed by atoms with Gasteiger partial charge < -0.3 is 15.2 Å². The molecule has 1 amide bonds. The zero-order valence-electron chi connectivity index (χ0n) is 18.5. The molecule has 1 saturated heterocycles. The third-order valence-electron chi connectivity index (χ3n) is 5.51. The van der Waals surface area contributed by atoms with Crippen LogP contribution in [0.2, 0.25) is 0 Å². The topological polar surface area (TPSA) is 58.6 Å². The highest BCUT2D eigenvalue weighted by Gasteiger charge is 2.31. The van der Waals surface area contributed by atoms with E-state index in [0.717, 1.165) is 25.7 Å². The van der Waals surface area contributed by atoms with Crippen LogP contribution in [-0.4, -0.2) is 44.1 Å². The fourth-order valence-corrected chi connectivity index (χ4v) is 3.68. The first kappa shape index (κ1) is 26.0. The molecule has 1 rings (SSSR count). The number of carbonyl (C=O) groups excluding carboxylic acids is 1. The lowest BCUT2D eigenvalue weighted by Gasteiger charge is -2.16. The van der Waals surface area contributed by atoms with Crippen molar-refractivity contribution in [2.75, 3.05) is 13.2 Å². The van der Waals surface area contributed by atoms with Crippen LogP contribution in [0.25, 0.3) is 0 Å². The number of ether oxygens (including phenoxy) is 1. The van der Waals surface area contributed by atoms with Gasteiger partial charge in [0.25, 0.3) is 0 Å². The predicted molar refractivity (Wildman–Crippen MR) is 122 cm³/mol. The molecule has 2 N–H and O–H groups in total. The van der Waals surface area contributed by atoms with Gasteiger partial charge in [0.15, 0.2) is 0 Å². The van der Waals surface area contributed by atoms with Crippen molar-refractivity contribution in [3.05, 3.63) is 24.3 Å². The lowest BCUT2D eigenvalue weighted by atomic mass is 9.91. The molecule has 4 nitrogen and oxygen atoms in total. The normalized spacial score (nSPS) is 22.1. The van der Waals surface area contributed by atoms with Crippen LogP contribution < -0.4 is 5.32 Å². The molecule has 0 aliphatic carbocycles. The molecule has 0 aromatic heterocycles. The Kier molecular flexibility index (Phi) is 15.9. The van der Waals surface area contributed by atoms with Crippen molar-refractivity contribution in [2.24, 2.45) is 5.92 Å². The molecular weight excluding hydrogens is 361 g/mol. The molecule has 0 aromatic carbocycles. The first-order valence-corrected chi connectivity index (χ1v) is 11.8. The number of aliphatic hydroxyl groups excluding tert-OH is 1. The Morgan fingerprint density at radius 3 is 2.38 bits per heavy atom. The minimum Gasteiger partial charge on any atom is -0.394 e. The van der Waals surface area contributed by atoms with Crippen LogP contribution in [0.4, 0.5) is 0 Å². The Balaban J connectivity index is 1.89. The average Bonchev–Trinajstić information content (AvgIpc) is 3.09. The molecule has 164 valence electrons. The number of nitrogens with one attached hydrogen (secondary N) is 1. The van der Waals surface area contributed by atoms with Gasteiger partial charge in [-0.25, -0.2) is 0 Å². The minimum absolute atomic E-state index is 0.0425. The number of allylic oxidation sites excluding steroid dienone is 4. The zero-order valence-corrected chi connectivity index (χ0v) is 18.5. The third-order valence-corrected chi connectivity index (χ3v) is 5.51. The molecule has 1 fully saturated rings. The van der Waals surface area contributed by atoms with E-state index < -0.39 is 0 Å². The van der Waals surface area contributed by atoms with E-state index in [1.165, 1.54) is 44.9 Å². The molecule has 2 radical (unpaired) electrons. The Hall–Kier alpha value is -1.07. The SMILES string of the molecule is [B][C@H]1C[C@H](CNC(=O)CCCCCCC/C=C\C/C=C\CCCCC)[C@@H](CO)O1. The molecule has 3 atom stereocenters. The first-order chi connectivity index (χ1) is 14.2. The molecule has 1 aliphatic rings. The highest BCUT2D eigenvalue weighted by Crippen LogP contribution is 2.24. The maximum Gasteiger partial charge on any atom is 0.220 e. The van der Waals surface area contributed by atoms with Crippen LogP contribution in [0, 0.1) is 5.92 Å². The van der Waals surface area contributed by atoms with Gasteiger partial charge in [0.05, 0.1) is 12.7 Å². The summed E-state index contributed by atoms with van der Waals surface area (Å²) in [5.41, 5.74) is 0. The molecule has 5 heteroatoms. The molecule has 29 heavy (non-hydrogen) atoms. The van der Waals surface area contributed by atoms with E-state index in [9.17, 15) is 9.90 Å². The second-order valence-electron chi connectivity index (χ2n) is 8.18. The fourth-order valence-electron chi connectivity index (χ4n) is 3.68. The summed E-state index contributed by atoms with van der Waals surface area (Å²) in [7, 11) is 5.74. The summed E-state index contributed by atoms with van der Waals surface area (Å²) < 4.78 is 5.41. The molecule has 0 aromatic rings. The Morgan fingerprint density at radius 2 is 1.69 bits per heavy atom. The van der Waals surface area contributed by atoms with E-state index in [1.807, 2.05) is 0 Å². The number of rotatable bonds is 17. The van der Waals surface area contributed by atoms with Gasteiger partial charge in [-0.1, -0.05) is 63.3 Å². The predicted octanol–water partition coefficient (Wildman–Crippen LogP) is 4.81. The quantitative estimate of drug-likeness (QED) is 0.208. The summed E-state index contributed by atoms with van der Waals surface area (Å²) in [6.07, 6.45) is 23.2. The van der Waals surface area contributed by atoms with E-state index in [0.29, 0.717) is 19.4 Å². The summed E-state index contributed by atoms with van der Waals surface area (Å²) in [6.45, 7) is 2.74. The fraction of sp³-hybridized carbons (Fsp3) is 0.792. The monoisotopic (exact) mass is 403 g/mol. The maximum absolute atomic E-state index is 11.9. The van der Waals surface area contributed by atoms with Crippen molar-refractivity contribution in [1.82, 2.24) is 5.32 Å². The van der Waals surface area contributed by atoms with Crippen molar-refractivity contribution >= 4 is 13.8 Å². The van der Waals surface area contributed by atoms with Crippen molar-refractivity contribution in [1.29, 1.82) is 0 Å². The molecule has 1 aliphatic heterocycles. The van der Waals surface area contributed by atoms with Crippen LogP contribution >= 0.6 is 0 Å². The summed E-state index contributed by atoms with van der Waals surface area (Å²) in [5, 5.41) is 12.2. The third kappa shape index (κ3) is 13.7. The van der Waals surface area contributed by atoms with E-state index in [-0.39, 0.29) is 30.5 Å². The van der Waals surface area contributed by atoms with Gasteiger partial charge in [0.1, 0.15) is 7.85 Å². The molecule has 0 bridgehead atoms. The largest absolute Gasteiger partial charge is 0.394 e. The van der Waals surface area contributed by atoms with Crippen molar-refractivity contribution in [3.8, 4) is 0 Å². The van der Waals surface area contributed by atoms with Crippen LogP contribution in [0.15, 0.2) is 24.3 Å². The van der Waals surface area contributed by atoms with Gasteiger partial charge in [0, 0.05) is 24.9 Å². The zero-order chi connectivity index (χ0) is 21.2. The molecule has 0 saturated carbocycles. The standard InChI is InChI=1S/C24H42BNO3/c1-2-3-4-5-6-7-8-9-10-11-12-13-14-15-16-17-24(28)26-19-21-18-23(25)29-22(21)20-27/h6-7,9-10,21-23,27H,2-5,8,11-20H2,1H3,(H,26,28)/b7-6-,10-9-/t21-,22-,23-/m1/s1. The number of hydrogen-bond acceptors (Lipinski definition) is 3. The van der Waals surface area contributed by atoms with Crippen LogP contribution in [-0.2, 0) is 9.53 Å². The van der Waals surface area contributed by atoms with E-state index >= 15 is 0 Å². The van der Waals surface area contributed by atoms with Crippen molar-refractivity contribution in [3.63, 3.8) is 0 Å². The molecule has 0 unspecified atom stereocenters. The van der Waals surface area contributed by atoms with Crippen LogP contribution in [0.1, 0.15) is 90.4 Å². The number of unbranched alkanes of at least 4 members (excludes halogenated alkanes) is 8. The maximum atomic E-state index is 11.9. The summed E-state index contributed by atoms with van der Waals surface area (Å²) >= 11 is 0. The van der Waals surface area contributed by atoms with Crippen LogP contribution in [0.5, 0.6) is 0 Å². The molecule has 0 spiro atoms. The number of aliphatic hydroxyl groups is 1. The smallest absolute Gasteiger partial charge is 0.220 e. The average molecular weight is 403 g/mol. The summed E-state index contributed by atoms with van der Waals surface area (Å²) in [4.78, 5) is 11.9. The second kappa shape index (κ2) is 17.8. The highest BCUT2D eigenvalue weighted by molar-refractivity contribution is 6.11. The Labute approximate surface area is 180 Å².